The fourth-order valence-corrected chi connectivity index (χ4v) is 3.66. The molecule has 0 spiro atoms. The summed E-state index contributed by atoms with van der Waals surface area (Å²) in [5, 5.41) is 6.95. The highest BCUT2D eigenvalue weighted by atomic mass is 14.9. The molecule has 0 radical (unpaired) electrons. The van der Waals surface area contributed by atoms with Crippen LogP contribution in [-0.2, 0) is 0 Å². The minimum Gasteiger partial charge on any atom is -0.317 e. The molecule has 0 aromatic carbocycles. The minimum absolute atomic E-state index is 1.07. The van der Waals surface area contributed by atoms with Crippen molar-refractivity contribution in [3.63, 3.8) is 0 Å². The van der Waals surface area contributed by atoms with Crippen molar-refractivity contribution >= 4 is 0 Å². The predicted octanol–water partition coefficient (Wildman–Crippen LogP) is 2.40. The van der Waals surface area contributed by atoms with Crippen LogP contribution in [0.2, 0.25) is 0 Å². The van der Waals surface area contributed by atoms with E-state index in [4.69, 9.17) is 0 Å². The van der Waals surface area contributed by atoms with E-state index >= 15 is 0 Å². The molecule has 2 saturated carbocycles. The first-order valence-electron chi connectivity index (χ1n) is 7.31. The fraction of sp³-hybridized carbons (Fsp3) is 1.00. The van der Waals surface area contributed by atoms with Crippen LogP contribution in [0.25, 0.3) is 0 Å². The van der Waals surface area contributed by atoms with Gasteiger partial charge >= 0.3 is 0 Å². The molecule has 0 aromatic heterocycles. The molecule has 2 aliphatic rings. The molecule has 2 aliphatic carbocycles. The van der Waals surface area contributed by atoms with Gasteiger partial charge in [0.15, 0.2) is 0 Å². The van der Waals surface area contributed by atoms with Crippen molar-refractivity contribution in [2.24, 2.45) is 17.8 Å². The third-order valence-electron chi connectivity index (χ3n) is 4.53. The Balaban J connectivity index is 1.43. The predicted molar refractivity (Wildman–Crippen MR) is 69.6 cm³/mol. The van der Waals surface area contributed by atoms with Gasteiger partial charge in [-0.25, -0.2) is 0 Å². The van der Waals surface area contributed by atoms with Crippen molar-refractivity contribution in [1.82, 2.24) is 10.6 Å². The first kappa shape index (κ1) is 12.4. The minimum atomic E-state index is 1.07. The Bertz CT molecular complexity index is 193. The highest BCUT2D eigenvalue weighted by Gasteiger charge is 2.38. The quantitative estimate of drug-likeness (QED) is 0.619. The molecule has 94 valence electrons. The van der Waals surface area contributed by atoms with Crippen LogP contribution in [0.15, 0.2) is 0 Å². The molecule has 2 bridgehead atoms. The van der Waals surface area contributed by atoms with Gasteiger partial charge in [-0.1, -0.05) is 13.3 Å². The second-order valence-electron chi connectivity index (χ2n) is 5.68. The largest absolute Gasteiger partial charge is 0.317 e. The van der Waals surface area contributed by atoms with Crippen LogP contribution in [0.1, 0.15) is 45.4 Å². The monoisotopic (exact) mass is 224 g/mol. The van der Waals surface area contributed by atoms with E-state index in [0.29, 0.717) is 0 Å². The summed E-state index contributed by atoms with van der Waals surface area (Å²) in [6.07, 6.45) is 8.88. The Morgan fingerprint density at radius 1 is 1.00 bits per heavy atom. The molecule has 2 N–H and O–H groups in total. The maximum absolute atomic E-state index is 3.59. The third kappa shape index (κ3) is 3.46. The summed E-state index contributed by atoms with van der Waals surface area (Å²) in [5.41, 5.74) is 0. The van der Waals surface area contributed by atoms with Crippen LogP contribution in [0.5, 0.6) is 0 Å². The molecule has 0 saturated heterocycles. The van der Waals surface area contributed by atoms with Crippen molar-refractivity contribution in [3.8, 4) is 0 Å². The molecule has 3 atom stereocenters. The molecule has 0 amide bonds. The van der Waals surface area contributed by atoms with Crippen LogP contribution in [0.4, 0.5) is 0 Å². The molecule has 0 aromatic rings. The van der Waals surface area contributed by atoms with E-state index in [2.05, 4.69) is 17.6 Å². The highest BCUT2D eigenvalue weighted by Crippen LogP contribution is 2.49. The third-order valence-corrected chi connectivity index (χ3v) is 4.53. The lowest BCUT2D eigenvalue weighted by Crippen LogP contribution is -2.24. The molecular weight excluding hydrogens is 196 g/mol. The maximum atomic E-state index is 3.59. The summed E-state index contributed by atoms with van der Waals surface area (Å²) in [4.78, 5) is 0. The summed E-state index contributed by atoms with van der Waals surface area (Å²) in [6.45, 7) is 6.87. The Hall–Kier alpha value is -0.0800. The topological polar surface area (TPSA) is 24.1 Å². The number of nitrogens with one attached hydrogen (secondary N) is 2. The van der Waals surface area contributed by atoms with Crippen LogP contribution in [0.3, 0.4) is 0 Å². The zero-order valence-corrected chi connectivity index (χ0v) is 10.8. The van der Waals surface area contributed by atoms with Gasteiger partial charge in [0.25, 0.3) is 0 Å². The average Bonchev–Trinajstić information content (AvgIpc) is 2.90. The molecule has 0 aliphatic heterocycles. The second-order valence-corrected chi connectivity index (χ2v) is 5.68. The smallest absolute Gasteiger partial charge is 0.00368 e. The lowest BCUT2D eigenvalue weighted by molar-refractivity contribution is 0.310. The number of hydrogen-bond acceptors (Lipinski definition) is 2. The Morgan fingerprint density at radius 2 is 1.88 bits per heavy atom. The van der Waals surface area contributed by atoms with E-state index < -0.39 is 0 Å². The van der Waals surface area contributed by atoms with E-state index in [0.717, 1.165) is 30.8 Å². The lowest BCUT2D eigenvalue weighted by atomic mass is 9.86. The van der Waals surface area contributed by atoms with Gasteiger partial charge < -0.3 is 10.6 Å². The van der Waals surface area contributed by atoms with Crippen LogP contribution >= 0.6 is 0 Å². The van der Waals surface area contributed by atoms with E-state index in [-0.39, 0.29) is 0 Å². The van der Waals surface area contributed by atoms with E-state index in [9.17, 15) is 0 Å². The van der Waals surface area contributed by atoms with Crippen molar-refractivity contribution in [2.75, 3.05) is 26.2 Å². The van der Waals surface area contributed by atoms with E-state index in [1.807, 2.05) is 0 Å². The van der Waals surface area contributed by atoms with Crippen molar-refractivity contribution in [2.45, 2.75) is 45.4 Å². The van der Waals surface area contributed by atoms with Gasteiger partial charge in [-0.3, -0.25) is 0 Å². The van der Waals surface area contributed by atoms with E-state index in [1.54, 1.807) is 12.8 Å². The molecule has 2 heteroatoms. The molecule has 3 unspecified atom stereocenters. The maximum Gasteiger partial charge on any atom is -0.00368 e. The first-order valence-corrected chi connectivity index (χ1v) is 7.31. The molecular formula is C14H28N2. The van der Waals surface area contributed by atoms with Gasteiger partial charge in [0.2, 0.25) is 0 Å². The lowest BCUT2D eigenvalue weighted by Gasteiger charge is -2.21. The number of hydrogen-bond donors (Lipinski definition) is 2. The Kier molecular flexibility index (Phi) is 5.11. The summed E-state index contributed by atoms with van der Waals surface area (Å²) in [5.74, 6) is 3.29. The van der Waals surface area contributed by atoms with Gasteiger partial charge in [0.1, 0.15) is 0 Å². The number of rotatable bonds is 8. The Labute approximate surface area is 101 Å². The summed E-state index contributed by atoms with van der Waals surface area (Å²) in [6, 6.07) is 0. The van der Waals surface area contributed by atoms with Gasteiger partial charge in [0, 0.05) is 0 Å². The van der Waals surface area contributed by atoms with Crippen LogP contribution in [-0.4, -0.2) is 26.2 Å². The Morgan fingerprint density at radius 3 is 2.56 bits per heavy atom. The normalized spacial score (nSPS) is 32.4. The van der Waals surface area contributed by atoms with Crippen molar-refractivity contribution in [1.29, 1.82) is 0 Å². The molecule has 16 heavy (non-hydrogen) atoms. The zero-order chi connectivity index (χ0) is 11.2. The van der Waals surface area contributed by atoms with Gasteiger partial charge in [0.05, 0.1) is 0 Å². The van der Waals surface area contributed by atoms with Gasteiger partial charge in [-0.05, 0) is 76.0 Å². The number of fused-ring (bicyclic) bond motifs is 2. The van der Waals surface area contributed by atoms with Crippen LogP contribution in [0, 0.1) is 17.8 Å². The summed E-state index contributed by atoms with van der Waals surface area (Å²) >= 11 is 0. The van der Waals surface area contributed by atoms with Gasteiger partial charge in [-0.15, -0.1) is 0 Å². The standard InChI is InChI=1S/C14H28N2/c1-2-15-7-3-8-16-9-6-14-11-12-4-5-13(14)10-12/h12-16H,2-11H2,1H3. The molecule has 0 heterocycles. The van der Waals surface area contributed by atoms with Gasteiger partial charge in [-0.2, -0.15) is 0 Å². The van der Waals surface area contributed by atoms with Crippen LogP contribution < -0.4 is 10.6 Å². The average molecular weight is 224 g/mol. The van der Waals surface area contributed by atoms with Crippen molar-refractivity contribution < 1.29 is 0 Å². The van der Waals surface area contributed by atoms with E-state index in [1.165, 1.54) is 38.8 Å². The fourth-order valence-electron chi connectivity index (χ4n) is 3.66. The molecule has 2 rings (SSSR count). The summed E-state index contributed by atoms with van der Waals surface area (Å²) in [7, 11) is 0. The molecule has 2 nitrogen and oxygen atoms in total. The SMILES string of the molecule is CCNCCCNCCC1CC2CCC1C2. The summed E-state index contributed by atoms with van der Waals surface area (Å²) < 4.78 is 0. The zero-order valence-electron chi connectivity index (χ0n) is 10.8. The molecule has 2 fully saturated rings. The second kappa shape index (κ2) is 6.61. The first-order chi connectivity index (χ1) is 7.90. The van der Waals surface area contributed by atoms with Crippen molar-refractivity contribution in [3.05, 3.63) is 0 Å². The highest BCUT2D eigenvalue weighted by molar-refractivity contribution is 4.89.